The first-order valence-electron chi connectivity index (χ1n) is 5.71. The third-order valence-corrected chi connectivity index (χ3v) is 4.69. The van der Waals surface area contributed by atoms with E-state index in [1.165, 1.54) is 0 Å². The third-order valence-electron chi connectivity index (χ3n) is 2.62. The van der Waals surface area contributed by atoms with Crippen molar-refractivity contribution in [2.45, 2.75) is 23.7 Å². The van der Waals surface area contributed by atoms with Gasteiger partial charge in [0.2, 0.25) is 10.0 Å². The lowest BCUT2D eigenvalue weighted by Gasteiger charge is -2.06. The summed E-state index contributed by atoms with van der Waals surface area (Å²) in [6.45, 7) is 1.97. The van der Waals surface area contributed by atoms with Crippen LogP contribution in [0.2, 0.25) is 0 Å². The van der Waals surface area contributed by atoms with E-state index in [9.17, 15) is 8.42 Å². The molecule has 1 heterocycles. The van der Waals surface area contributed by atoms with Crippen molar-refractivity contribution in [1.29, 1.82) is 0 Å². The zero-order valence-electron chi connectivity index (χ0n) is 10.4. The maximum atomic E-state index is 12.0. The maximum Gasteiger partial charge on any atom is 0.240 e. The Morgan fingerprint density at radius 3 is 2.37 bits per heavy atom. The summed E-state index contributed by atoms with van der Waals surface area (Å²) in [5.74, 6) is 1.36. The number of benzene rings is 1. The number of rotatable bonds is 5. The molecule has 2 rings (SSSR count). The van der Waals surface area contributed by atoms with Crippen molar-refractivity contribution in [2.75, 3.05) is 0 Å². The van der Waals surface area contributed by atoms with Crippen LogP contribution in [0, 0.1) is 6.92 Å². The largest absolute Gasteiger partial charge is 0.465 e. The van der Waals surface area contributed by atoms with Gasteiger partial charge in [-0.25, -0.2) is 13.1 Å². The number of sulfonamides is 1. The van der Waals surface area contributed by atoms with E-state index in [1.807, 2.05) is 6.92 Å². The first kappa shape index (κ1) is 14.3. The van der Waals surface area contributed by atoms with Gasteiger partial charge >= 0.3 is 0 Å². The quantitative estimate of drug-likeness (QED) is 0.849. The second kappa shape index (κ2) is 5.90. The topological polar surface area (TPSA) is 59.3 Å². The van der Waals surface area contributed by atoms with E-state index < -0.39 is 10.0 Å². The highest BCUT2D eigenvalue weighted by Gasteiger charge is 2.14. The molecule has 1 aromatic carbocycles. The fourth-order valence-electron chi connectivity index (χ4n) is 1.59. The average molecular weight is 344 g/mol. The van der Waals surface area contributed by atoms with Crippen LogP contribution in [0.4, 0.5) is 0 Å². The van der Waals surface area contributed by atoms with E-state index in [0.29, 0.717) is 11.1 Å². The van der Waals surface area contributed by atoms with E-state index >= 15 is 0 Å². The lowest BCUT2D eigenvalue weighted by atomic mass is 10.2. The Bertz CT molecular complexity index is 647. The number of furan rings is 1. The molecule has 0 bridgehead atoms. The molecule has 1 aromatic heterocycles. The van der Waals surface area contributed by atoms with Crippen molar-refractivity contribution in [3.05, 3.63) is 53.5 Å². The standard InChI is InChI=1S/C13H14BrNO3S/c1-10-2-5-12(18-10)9-15-19(16,17)13-6-3-11(8-14)4-7-13/h2-7,15H,8-9H2,1H3. The van der Waals surface area contributed by atoms with Gasteiger partial charge in [0.25, 0.3) is 0 Å². The predicted octanol–water partition coefficient (Wildman–Crippen LogP) is 2.96. The van der Waals surface area contributed by atoms with Crippen molar-refractivity contribution >= 4 is 26.0 Å². The van der Waals surface area contributed by atoms with Gasteiger partial charge in [-0.3, -0.25) is 0 Å². The predicted molar refractivity (Wildman–Crippen MR) is 76.5 cm³/mol. The van der Waals surface area contributed by atoms with Crippen LogP contribution in [0.1, 0.15) is 17.1 Å². The van der Waals surface area contributed by atoms with E-state index in [-0.39, 0.29) is 11.4 Å². The van der Waals surface area contributed by atoms with Crippen molar-refractivity contribution in [2.24, 2.45) is 0 Å². The maximum absolute atomic E-state index is 12.0. The average Bonchev–Trinajstić information content (AvgIpc) is 2.82. The summed E-state index contributed by atoms with van der Waals surface area (Å²) in [7, 11) is -3.50. The number of halogens is 1. The minimum absolute atomic E-state index is 0.149. The van der Waals surface area contributed by atoms with Crippen LogP contribution in [-0.4, -0.2) is 8.42 Å². The zero-order valence-corrected chi connectivity index (χ0v) is 12.8. The number of nitrogens with one attached hydrogen (secondary N) is 1. The lowest BCUT2D eigenvalue weighted by Crippen LogP contribution is -2.22. The van der Waals surface area contributed by atoms with Crippen LogP contribution in [0.25, 0.3) is 0 Å². The highest BCUT2D eigenvalue weighted by atomic mass is 79.9. The molecule has 0 atom stereocenters. The van der Waals surface area contributed by atoms with E-state index in [2.05, 4.69) is 20.7 Å². The van der Waals surface area contributed by atoms with Crippen LogP contribution in [0.15, 0.2) is 45.7 Å². The molecule has 0 aliphatic rings. The summed E-state index contributed by atoms with van der Waals surface area (Å²) < 4.78 is 31.9. The highest BCUT2D eigenvalue weighted by molar-refractivity contribution is 9.08. The van der Waals surface area contributed by atoms with Crippen LogP contribution in [0.3, 0.4) is 0 Å². The number of hydrogen-bond donors (Lipinski definition) is 1. The Morgan fingerprint density at radius 2 is 1.84 bits per heavy atom. The fourth-order valence-corrected chi connectivity index (χ4v) is 2.95. The van der Waals surface area contributed by atoms with E-state index in [1.54, 1.807) is 36.4 Å². The van der Waals surface area contributed by atoms with Crippen LogP contribution in [0.5, 0.6) is 0 Å². The van der Waals surface area contributed by atoms with Gasteiger partial charge in [-0.1, -0.05) is 28.1 Å². The normalized spacial score (nSPS) is 11.7. The molecule has 0 fully saturated rings. The second-order valence-corrected chi connectivity index (χ2v) is 6.44. The molecule has 19 heavy (non-hydrogen) atoms. The monoisotopic (exact) mass is 343 g/mol. The van der Waals surface area contributed by atoms with Crippen LogP contribution < -0.4 is 4.72 Å². The highest BCUT2D eigenvalue weighted by Crippen LogP contribution is 2.13. The zero-order chi connectivity index (χ0) is 13.9. The van der Waals surface area contributed by atoms with Gasteiger partial charge in [0.05, 0.1) is 11.4 Å². The SMILES string of the molecule is Cc1ccc(CNS(=O)(=O)c2ccc(CBr)cc2)o1. The number of alkyl halides is 1. The molecule has 4 nitrogen and oxygen atoms in total. The van der Waals surface area contributed by atoms with E-state index in [0.717, 1.165) is 11.3 Å². The van der Waals surface area contributed by atoms with Crippen LogP contribution >= 0.6 is 15.9 Å². The van der Waals surface area contributed by atoms with Gasteiger partial charge in [-0.05, 0) is 36.8 Å². The number of hydrogen-bond acceptors (Lipinski definition) is 3. The Balaban J connectivity index is 2.09. The summed E-state index contributed by atoms with van der Waals surface area (Å²) >= 11 is 3.32. The summed E-state index contributed by atoms with van der Waals surface area (Å²) in [5.41, 5.74) is 1.03. The minimum Gasteiger partial charge on any atom is -0.465 e. The lowest BCUT2D eigenvalue weighted by molar-refractivity contribution is 0.475. The van der Waals surface area contributed by atoms with E-state index in [4.69, 9.17) is 4.42 Å². The van der Waals surface area contributed by atoms with Crippen molar-refractivity contribution in [3.63, 3.8) is 0 Å². The molecule has 0 amide bonds. The molecule has 102 valence electrons. The Hall–Kier alpha value is -1.11. The molecule has 0 unspecified atom stereocenters. The molecule has 0 saturated carbocycles. The summed E-state index contributed by atoms with van der Waals surface area (Å²) in [6.07, 6.45) is 0. The Kier molecular flexibility index (Phi) is 4.44. The van der Waals surface area contributed by atoms with Gasteiger partial charge in [-0.15, -0.1) is 0 Å². The van der Waals surface area contributed by atoms with Gasteiger partial charge in [0.15, 0.2) is 0 Å². The summed E-state index contributed by atoms with van der Waals surface area (Å²) in [5, 5.41) is 0.701. The summed E-state index contributed by atoms with van der Waals surface area (Å²) in [6, 6.07) is 10.3. The van der Waals surface area contributed by atoms with Crippen molar-refractivity contribution in [3.8, 4) is 0 Å². The molecular formula is C13H14BrNO3S. The van der Waals surface area contributed by atoms with Gasteiger partial charge in [0, 0.05) is 5.33 Å². The molecule has 1 N–H and O–H groups in total. The fraction of sp³-hybridized carbons (Fsp3) is 0.231. The molecule has 6 heteroatoms. The van der Waals surface area contributed by atoms with Crippen LogP contribution in [-0.2, 0) is 21.9 Å². The molecule has 0 spiro atoms. The van der Waals surface area contributed by atoms with Crippen molar-refractivity contribution < 1.29 is 12.8 Å². The molecule has 0 radical (unpaired) electrons. The van der Waals surface area contributed by atoms with Gasteiger partial charge in [-0.2, -0.15) is 0 Å². The van der Waals surface area contributed by atoms with Gasteiger partial charge in [0.1, 0.15) is 11.5 Å². The minimum atomic E-state index is -3.50. The molecular weight excluding hydrogens is 330 g/mol. The van der Waals surface area contributed by atoms with Crippen molar-refractivity contribution in [1.82, 2.24) is 4.72 Å². The summed E-state index contributed by atoms with van der Waals surface area (Å²) in [4.78, 5) is 0.250. The smallest absolute Gasteiger partial charge is 0.240 e. The molecule has 0 aliphatic carbocycles. The van der Waals surface area contributed by atoms with Gasteiger partial charge < -0.3 is 4.42 Å². The third kappa shape index (κ3) is 3.68. The Morgan fingerprint density at radius 1 is 1.16 bits per heavy atom. The number of aryl methyl sites for hydroxylation is 1. The molecule has 2 aromatic rings. The molecule has 0 saturated heterocycles. The molecule has 0 aliphatic heterocycles. The first-order valence-corrected chi connectivity index (χ1v) is 8.31. The Labute approximate surface area is 121 Å². The second-order valence-electron chi connectivity index (χ2n) is 4.11. The first-order chi connectivity index (χ1) is 9.01.